The molecular formula is C18H19N3O5. The summed E-state index contributed by atoms with van der Waals surface area (Å²) in [6, 6.07) is 9.30. The predicted octanol–water partition coefficient (Wildman–Crippen LogP) is 2.70. The molecule has 3 amide bonds. The van der Waals surface area contributed by atoms with Gasteiger partial charge in [0.25, 0.3) is 5.91 Å². The van der Waals surface area contributed by atoms with Crippen molar-refractivity contribution in [1.29, 1.82) is 0 Å². The minimum Gasteiger partial charge on any atom is -0.459 e. The van der Waals surface area contributed by atoms with Gasteiger partial charge < -0.3 is 19.4 Å². The number of rotatable bonds is 4. The van der Waals surface area contributed by atoms with Gasteiger partial charge in [-0.1, -0.05) is 0 Å². The van der Waals surface area contributed by atoms with Gasteiger partial charge in [-0.05, 0) is 49.2 Å². The summed E-state index contributed by atoms with van der Waals surface area (Å²) in [7, 11) is 1.28. The SMILES string of the molecule is COC(=O)Nc1ccc(NC(=O)C2CCCN2C(=O)c2ccco2)cc1. The maximum Gasteiger partial charge on any atom is 0.411 e. The third-order valence-corrected chi connectivity index (χ3v) is 4.13. The van der Waals surface area contributed by atoms with E-state index in [4.69, 9.17) is 4.42 Å². The van der Waals surface area contributed by atoms with Crippen molar-refractivity contribution >= 4 is 29.3 Å². The molecule has 1 saturated heterocycles. The van der Waals surface area contributed by atoms with Crippen molar-refractivity contribution in [2.45, 2.75) is 18.9 Å². The van der Waals surface area contributed by atoms with E-state index in [1.807, 2.05) is 0 Å². The van der Waals surface area contributed by atoms with E-state index in [2.05, 4.69) is 15.4 Å². The molecule has 1 atom stereocenters. The van der Waals surface area contributed by atoms with Crippen LogP contribution in [0.2, 0.25) is 0 Å². The van der Waals surface area contributed by atoms with Crippen LogP contribution < -0.4 is 10.6 Å². The average Bonchev–Trinajstić information content (AvgIpc) is 3.34. The van der Waals surface area contributed by atoms with Crippen molar-refractivity contribution in [3.05, 3.63) is 48.4 Å². The monoisotopic (exact) mass is 357 g/mol. The number of anilines is 2. The van der Waals surface area contributed by atoms with Crippen molar-refractivity contribution in [3.63, 3.8) is 0 Å². The molecule has 0 bridgehead atoms. The fraction of sp³-hybridized carbons (Fsp3) is 0.278. The highest BCUT2D eigenvalue weighted by molar-refractivity contribution is 6.00. The third kappa shape index (κ3) is 3.85. The van der Waals surface area contributed by atoms with E-state index in [0.29, 0.717) is 24.3 Å². The van der Waals surface area contributed by atoms with Gasteiger partial charge in [0.2, 0.25) is 5.91 Å². The van der Waals surface area contributed by atoms with Crippen LogP contribution in [-0.4, -0.2) is 42.5 Å². The first-order valence-corrected chi connectivity index (χ1v) is 8.19. The molecule has 8 nitrogen and oxygen atoms in total. The second-order valence-electron chi connectivity index (χ2n) is 5.82. The quantitative estimate of drug-likeness (QED) is 0.876. The molecule has 8 heteroatoms. The van der Waals surface area contributed by atoms with Crippen molar-refractivity contribution in [2.24, 2.45) is 0 Å². The van der Waals surface area contributed by atoms with Crippen LogP contribution in [0.5, 0.6) is 0 Å². The van der Waals surface area contributed by atoms with Crippen molar-refractivity contribution < 1.29 is 23.5 Å². The second-order valence-corrected chi connectivity index (χ2v) is 5.82. The smallest absolute Gasteiger partial charge is 0.411 e. The van der Waals surface area contributed by atoms with Gasteiger partial charge in [0, 0.05) is 17.9 Å². The Labute approximate surface area is 150 Å². The fourth-order valence-corrected chi connectivity index (χ4v) is 2.86. The Morgan fingerprint density at radius 2 is 1.81 bits per heavy atom. The number of nitrogens with zero attached hydrogens (tertiary/aromatic N) is 1. The summed E-state index contributed by atoms with van der Waals surface area (Å²) in [4.78, 5) is 37.7. The number of benzene rings is 1. The van der Waals surface area contributed by atoms with Gasteiger partial charge in [-0.15, -0.1) is 0 Å². The maximum absolute atomic E-state index is 12.6. The molecule has 0 radical (unpaired) electrons. The number of methoxy groups -OCH3 is 1. The van der Waals surface area contributed by atoms with Crippen LogP contribution >= 0.6 is 0 Å². The molecule has 1 aliphatic rings. The van der Waals surface area contributed by atoms with Crippen LogP contribution in [0.3, 0.4) is 0 Å². The second kappa shape index (κ2) is 7.73. The average molecular weight is 357 g/mol. The number of furan rings is 1. The summed E-state index contributed by atoms with van der Waals surface area (Å²) in [6.07, 6.45) is 2.22. The Morgan fingerprint density at radius 3 is 2.42 bits per heavy atom. The van der Waals surface area contributed by atoms with Crippen LogP contribution in [0.25, 0.3) is 0 Å². The minimum atomic E-state index is -0.570. The molecule has 0 saturated carbocycles. The third-order valence-electron chi connectivity index (χ3n) is 4.13. The minimum absolute atomic E-state index is 0.225. The molecule has 1 unspecified atom stereocenters. The standard InChI is InChI=1S/C18H19N3O5/c1-25-18(24)20-13-8-6-12(7-9-13)19-16(22)14-4-2-10-21(14)17(23)15-5-3-11-26-15/h3,5-9,11,14H,2,4,10H2,1H3,(H,19,22)(H,20,24). The van der Waals surface area contributed by atoms with E-state index < -0.39 is 12.1 Å². The topological polar surface area (TPSA) is 101 Å². The lowest BCUT2D eigenvalue weighted by Gasteiger charge is -2.23. The highest BCUT2D eigenvalue weighted by atomic mass is 16.5. The number of amides is 3. The van der Waals surface area contributed by atoms with Gasteiger partial charge in [0.1, 0.15) is 6.04 Å². The number of likely N-dealkylation sites (tertiary alicyclic amines) is 1. The Bertz CT molecular complexity index is 786. The Hall–Kier alpha value is -3.29. The molecule has 1 aromatic heterocycles. The highest BCUT2D eigenvalue weighted by Gasteiger charge is 2.35. The molecule has 1 fully saturated rings. The van der Waals surface area contributed by atoms with E-state index in [9.17, 15) is 14.4 Å². The lowest BCUT2D eigenvalue weighted by Crippen LogP contribution is -2.43. The van der Waals surface area contributed by atoms with Gasteiger partial charge in [0.05, 0.1) is 13.4 Å². The Kier molecular flexibility index (Phi) is 5.21. The van der Waals surface area contributed by atoms with Crippen molar-refractivity contribution in [3.8, 4) is 0 Å². The molecule has 2 N–H and O–H groups in total. The molecular weight excluding hydrogens is 338 g/mol. The number of hydrogen-bond donors (Lipinski definition) is 2. The van der Waals surface area contributed by atoms with Crippen LogP contribution in [-0.2, 0) is 9.53 Å². The van der Waals surface area contributed by atoms with Crippen LogP contribution in [0.1, 0.15) is 23.4 Å². The zero-order chi connectivity index (χ0) is 18.5. The Balaban J connectivity index is 1.63. The normalized spacial score (nSPS) is 16.2. The molecule has 1 aliphatic heterocycles. The first kappa shape index (κ1) is 17.5. The van der Waals surface area contributed by atoms with E-state index in [1.54, 1.807) is 36.4 Å². The number of hydrogen-bond acceptors (Lipinski definition) is 5. The predicted molar refractivity (Wildman–Crippen MR) is 93.9 cm³/mol. The number of nitrogens with one attached hydrogen (secondary N) is 2. The van der Waals surface area contributed by atoms with Crippen molar-refractivity contribution in [2.75, 3.05) is 24.3 Å². The van der Waals surface area contributed by atoms with Gasteiger partial charge >= 0.3 is 6.09 Å². The summed E-state index contributed by atoms with van der Waals surface area (Å²) in [6.45, 7) is 0.513. The van der Waals surface area contributed by atoms with Gasteiger partial charge in [0.15, 0.2) is 5.76 Å². The van der Waals surface area contributed by atoms with Gasteiger partial charge in [-0.3, -0.25) is 14.9 Å². The lowest BCUT2D eigenvalue weighted by molar-refractivity contribution is -0.119. The van der Waals surface area contributed by atoms with Crippen LogP contribution in [0.15, 0.2) is 47.1 Å². The summed E-state index contributed by atoms with van der Waals surface area (Å²) in [5.41, 5.74) is 1.12. The molecule has 0 spiro atoms. The zero-order valence-electron chi connectivity index (χ0n) is 14.2. The van der Waals surface area contributed by atoms with Crippen LogP contribution in [0, 0.1) is 0 Å². The first-order chi connectivity index (χ1) is 12.6. The molecule has 3 rings (SSSR count). The number of carbonyl (C=O) groups excluding carboxylic acids is 3. The van der Waals surface area contributed by atoms with Crippen molar-refractivity contribution in [1.82, 2.24) is 4.90 Å². The van der Waals surface area contributed by atoms with E-state index in [0.717, 1.165) is 6.42 Å². The van der Waals surface area contributed by atoms with Gasteiger partial charge in [-0.2, -0.15) is 0 Å². The fourth-order valence-electron chi connectivity index (χ4n) is 2.86. The molecule has 136 valence electrons. The Morgan fingerprint density at radius 1 is 1.12 bits per heavy atom. The number of carbonyl (C=O) groups is 3. The molecule has 2 aromatic rings. The molecule has 26 heavy (non-hydrogen) atoms. The summed E-state index contributed by atoms with van der Waals surface area (Å²) >= 11 is 0. The summed E-state index contributed by atoms with van der Waals surface area (Å²) < 4.78 is 9.66. The zero-order valence-corrected chi connectivity index (χ0v) is 14.2. The van der Waals surface area contributed by atoms with E-state index in [-0.39, 0.29) is 17.6 Å². The summed E-state index contributed by atoms with van der Waals surface area (Å²) in [5, 5.41) is 5.33. The van der Waals surface area contributed by atoms with E-state index in [1.165, 1.54) is 18.3 Å². The molecule has 1 aromatic carbocycles. The first-order valence-electron chi connectivity index (χ1n) is 8.19. The lowest BCUT2D eigenvalue weighted by atomic mass is 10.2. The van der Waals surface area contributed by atoms with E-state index >= 15 is 0 Å². The largest absolute Gasteiger partial charge is 0.459 e. The molecule has 2 heterocycles. The molecule has 0 aliphatic carbocycles. The van der Waals surface area contributed by atoms with Crippen LogP contribution in [0.4, 0.5) is 16.2 Å². The number of ether oxygens (including phenoxy) is 1. The highest BCUT2D eigenvalue weighted by Crippen LogP contribution is 2.22. The maximum atomic E-state index is 12.6. The van der Waals surface area contributed by atoms with Gasteiger partial charge in [-0.25, -0.2) is 4.79 Å². The summed E-state index contributed by atoms with van der Waals surface area (Å²) in [5.74, 6) is -0.315.